The van der Waals surface area contributed by atoms with E-state index in [2.05, 4.69) is 195 Å². The van der Waals surface area contributed by atoms with Crippen LogP contribution in [-0.2, 0) is 10.8 Å². The summed E-state index contributed by atoms with van der Waals surface area (Å²) in [6.07, 6.45) is 0. The highest BCUT2D eigenvalue weighted by Crippen LogP contribution is 2.53. The Morgan fingerprint density at radius 2 is 0.630 bits per heavy atom. The van der Waals surface area contributed by atoms with Crippen LogP contribution in [0.2, 0.25) is 0 Å². The van der Waals surface area contributed by atoms with Crippen LogP contribution >= 0.6 is 0 Å². The molecule has 2 aliphatic rings. The Hall–Kier alpha value is -5.28. The minimum absolute atomic E-state index is 0.0649. The van der Waals surface area contributed by atoms with Crippen LogP contribution in [0.3, 0.4) is 0 Å². The molecule has 0 fully saturated rings. The number of para-hydroxylation sites is 4. The van der Waals surface area contributed by atoms with E-state index >= 15 is 0 Å². The average molecular weight is 598 g/mol. The summed E-state index contributed by atoms with van der Waals surface area (Å²) in [5.41, 5.74) is 14.8. The lowest BCUT2D eigenvalue weighted by atomic mass is 9.73. The first kappa shape index (κ1) is 28.2. The van der Waals surface area contributed by atoms with Crippen LogP contribution in [0.25, 0.3) is 0 Å². The first-order valence-corrected chi connectivity index (χ1v) is 16.2. The summed E-state index contributed by atoms with van der Waals surface area (Å²) in [6, 6.07) is 53.1. The van der Waals surface area contributed by atoms with Gasteiger partial charge in [-0.25, -0.2) is 0 Å². The van der Waals surface area contributed by atoms with Crippen molar-refractivity contribution in [2.24, 2.45) is 0 Å². The molecule has 0 radical (unpaired) electrons. The Labute approximate surface area is 273 Å². The molecule has 2 heterocycles. The second-order valence-corrected chi connectivity index (χ2v) is 13.6. The zero-order valence-electron chi connectivity index (χ0n) is 27.2. The maximum atomic E-state index is 2.41. The van der Waals surface area contributed by atoms with E-state index in [-0.39, 0.29) is 10.8 Å². The van der Waals surface area contributed by atoms with Crippen LogP contribution in [-0.4, -0.2) is 7.05 Å². The molecule has 0 bridgehead atoms. The van der Waals surface area contributed by atoms with Gasteiger partial charge in [-0.1, -0.05) is 100 Å². The molecule has 0 unspecified atom stereocenters. The van der Waals surface area contributed by atoms with Crippen LogP contribution in [0.1, 0.15) is 49.9 Å². The van der Waals surface area contributed by atoms with Gasteiger partial charge >= 0.3 is 0 Å². The van der Waals surface area contributed by atoms with Crippen LogP contribution < -0.4 is 14.7 Å². The van der Waals surface area contributed by atoms with Crippen molar-refractivity contribution in [2.45, 2.75) is 38.5 Å². The second kappa shape index (κ2) is 10.4. The largest absolute Gasteiger partial charge is 0.345 e. The Morgan fingerprint density at radius 3 is 0.913 bits per heavy atom. The van der Waals surface area contributed by atoms with Crippen molar-refractivity contribution in [3.05, 3.63) is 168 Å². The number of anilines is 8. The Kier molecular flexibility index (Phi) is 6.37. The van der Waals surface area contributed by atoms with E-state index < -0.39 is 0 Å². The summed E-state index contributed by atoms with van der Waals surface area (Å²) in [5.74, 6) is 0. The van der Waals surface area contributed by atoms with Gasteiger partial charge in [-0.05, 0) is 95.1 Å². The van der Waals surface area contributed by atoms with Gasteiger partial charge in [0, 0.05) is 40.6 Å². The van der Waals surface area contributed by atoms with Gasteiger partial charge < -0.3 is 14.7 Å². The predicted octanol–water partition coefficient (Wildman–Crippen LogP) is 11.7. The number of nitrogens with zero attached hydrogens (tertiary/aromatic N) is 3. The monoisotopic (exact) mass is 597 g/mol. The van der Waals surface area contributed by atoms with E-state index in [0.717, 1.165) is 22.7 Å². The van der Waals surface area contributed by atoms with E-state index in [4.69, 9.17) is 0 Å². The number of fused-ring (bicyclic) bond motifs is 4. The molecule has 3 heteroatoms. The summed E-state index contributed by atoms with van der Waals surface area (Å²) in [7, 11) is 2.14. The fraction of sp³-hybridized carbons (Fsp3) is 0.163. The smallest absolute Gasteiger partial charge is 0.0502 e. The predicted molar refractivity (Wildman–Crippen MR) is 195 cm³/mol. The van der Waals surface area contributed by atoms with E-state index in [9.17, 15) is 0 Å². The molecular weight excluding hydrogens is 558 g/mol. The van der Waals surface area contributed by atoms with Gasteiger partial charge in [0.1, 0.15) is 0 Å². The lowest BCUT2D eigenvalue weighted by Crippen LogP contribution is -2.30. The summed E-state index contributed by atoms with van der Waals surface area (Å²) in [6.45, 7) is 9.31. The van der Waals surface area contributed by atoms with E-state index in [0.29, 0.717) is 0 Å². The first-order chi connectivity index (χ1) is 22.3. The zero-order valence-corrected chi connectivity index (χ0v) is 27.2. The van der Waals surface area contributed by atoms with Crippen molar-refractivity contribution >= 4 is 45.5 Å². The molecule has 0 amide bonds. The van der Waals surface area contributed by atoms with Gasteiger partial charge in [0.25, 0.3) is 0 Å². The molecule has 0 spiro atoms. The highest BCUT2D eigenvalue weighted by atomic mass is 15.2. The van der Waals surface area contributed by atoms with Crippen molar-refractivity contribution in [3.8, 4) is 0 Å². The van der Waals surface area contributed by atoms with Crippen LogP contribution in [0.5, 0.6) is 0 Å². The number of hydrogen-bond donors (Lipinski definition) is 0. The van der Waals surface area contributed by atoms with Crippen molar-refractivity contribution in [1.29, 1.82) is 0 Å². The summed E-state index contributed by atoms with van der Waals surface area (Å²) in [4.78, 5) is 7.07. The fourth-order valence-electron chi connectivity index (χ4n) is 7.69. The van der Waals surface area contributed by atoms with Crippen LogP contribution in [0.4, 0.5) is 45.5 Å². The summed E-state index contributed by atoms with van der Waals surface area (Å²) in [5, 5.41) is 0. The van der Waals surface area contributed by atoms with Gasteiger partial charge in [-0.2, -0.15) is 0 Å². The Bertz CT molecular complexity index is 1820. The molecular formula is C43H39N3. The lowest BCUT2D eigenvalue weighted by Gasteiger charge is -2.42. The number of rotatable bonds is 4. The third-order valence-corrected chi connectivity index (χ3v) is 10.3. The molecule has 6 aromatic carbocycles. The normalized spacial score (nSPS) is 15.3. The van der Waals surface area contributed by atoms with Gasteiger partial charge in [0.2, 0.25) is 0 Å². The average Bonchev–Trinajstić information content (AvgIpc) is 3.09. The maximum absolute atomic E-state index is 2.41. The molecule has 0 aromatic heterocycles. The third kappa shape index (κ3) is 4.19. The SMILES string of the molecule is CN(c1ccc(N2c3ccccc3C(C)(C)c3ccccc32)cc1)c1ccc(N2c3ccccc3C(C)(C)c3ccccc32)cc1. The van der Waals surface area contributed by atoms with Crippen LogP contribution in [0.15, 0.2) is 146 Å². The molecule has 226 valence electrons. The molecule has 6 aromatic rings. The molecule has 8 rings (SSSR count). The minimum Gasteiger partial charge on any atom is -0.345 e. The quantitative estimate of drug-likeness (QED) is 0.200. The highest BCUT2D eigenvalue weighted by Gasteiger charge is 2.37. The standard InChI is InChI=1S/C43H39N3/c1-42(2)34-14-6-10-18-38(34)45(39-19-11-7-15-35(39)42)32-26-22-30(23-27-32)44(5)31-24-28-33(29-25-31)46-40-20-12-8-16-36(40)43(3,4)37-17-9-13-21-41(37)46/h6-29H,1-5H3. The molecule has 2 aliphatic heterocycles. The first-order valence-electron chi connectivity index (χ1n) is 16.2. The zero-order chi connectivity index (χ0) is 31.6. The molecule has 0 saturated carbocycles. The Morgan fingerprint density at radius 1 is 0.370 bits per heavy atom. The number of hydrogen-bond acceptors (Lipinski definition) is 3. The van der Waals surface area contributed by atoms with E-state index in [1.165, 1.54) is 45.0 Å². The second-order valence-electron chi connectivity index (χ2n) is 13.6. The third-order valence-electron chi connectivity index (χ3n) is 10.3. The van der Waals surface area contributed by atoms with E-state index in [1.807, 2.05) is 0 Å². The molecule has 3 nitrogen and oxygen atoms in total. The molecule has 0 atom stereocenters. The molecule has 46 heavy (non-hydrogen) atoms. The van der Waals surface area contributed by atoms with Gasteiger partial charge in [0.15, 0.2) is 0 Å². The fourth-order valence-corrected chi connectivity index (χ4v) is 7.69. The van der Waals surface area contributed by atoms with Crippen molar-refractivity contribution in [3.63, 3.8) is 0 Å². The molecule has 0 N–H and O–H groups in total. The number of benzene rings is 6. The molecule has 0 aliphatic carbocycles. The lowest BCUT2D eigenvalue weighted by molar-refractivity contribution is 0.632. The highest BCUT2D eigenvalue weighted by molar-refractivity contribution is 5.88. The summed E-state index contributed by atoms with van der Waals surface area (Å²) < 4.78 is 0. The van der Waals surface area contributed by atoms with Gasteiger partial charge in [0.05, 0.1) is 22.7 Å². The van der Waals surface area contributed by atoms with Gasteiger partial charge in [-0.3, -0.25) is 0 Å². The van der Waals surface area contributed by atoms with Crippen molar-refractivity contribution < 1.29 is 0 Å². The van der Waals surface area contributed by atoms with Crippen LogP contribution in [0, 0.1) is 0 Å². The van der Waals surface area contributed by atoms with Crippen molar-refractivity contribution in [1.82, 2.24) is 0 Å². The van der Waals surface area contributed by atoms with E-state index in [1.54, 1.807) is 0 Å². The molecule has 0 saturated heterocycles. The summed E-state index contributed by atoms with van der Waals surface area (Å²) >= 11 is 0. The Balaban J connectivity index is 1.11. The topological polar surface area (TPSA) is 9.72 Å². The minimum atomic E-state index is -0.0649. The van der Waals surface area contributed by atoms with Crippen molar-refractivity contribution in [2.75, 3.05) is 21.7 Å². The van der Waals surface area contributed by atoms with Gasteiger partial charge in [-0.15, -0.1) is 0 Å². The maximum Gasteiger partial charge on any atom is 0.0502 e.